The van der Waals surface area contributed by atoms with Crippen LogP contribution in [0.25, 0.3) is 0 Å². The molecule has 1 aromatic rings. The molecule has 0 N–H and O–H groups in total. The van der Waals surface area contributed by atoms with Gasteiger partial charge in [0.25, 0.3) is 0 Å². The van der Waals surface area contributed by atoms with Crippen molar-refractivity contribution in [3.63, 3.8) is 0 Å². The van der Waals surface area contributed by atoms with Crippen LogP contribution in [0.1, 0.15) is 6.92 Å². The first-order chi connectivity index (χ1) is 6.74. The zero-order valence-electron chi connectivity index (χ0n) is 7.77. The molecule has 0 aliphatic rings. The summed E-state index contributed by atoms with van der Waals surface area (Å²) in [7, 11) is 0. The predicted molar refractivity (Wildman–Crippen MR) is 53.4 cm³/mol. The summed E-state index contributed by atoms with van der Waals surface area (Å²) in [6.07, 6.45) is 0. The topological polar surface area (TPSA) is 26.3 Å². The van der Waals surface area contributed by atoms with E-state index in [4.69, 9.17) is 0 Å². The predicted octanol–water partition coefficient (Wildman–Crippen LogP) is 0.875. The number of alkyl halides is 1. The van der Waals surface area contributed by atoms with Crippen LogP contribution in [0.4, 0.5) is 4.39 Å². The SMILES string of the molecule is CCOC(=O)C(F)[Se]c1ccccc1. The third kappa shape index (κ3) is 3.48. The van der Waals surface area contributed by atoms with Crippen molar-refractivity contribution in [1.82, 2.24) is 0 Å². The molecule has 0 aliphatic carbocycles. The molecule has 4 heteroatoms. The van der Waals surface area contributed by atoms with Crippen LogP contribution in [0.3, 0.4) is 0 Å². The van der Waals surface area contributed by atoms with E-state index in [2.05, 4.69) is 4.74 Å². The van der Waals surface area contributed by atoms with Gasteiger partial charge in [0.1, 0.15) is 0 Å². The molecule has 0 aromatic heterocycles. The molecule has 0 bridgehead atoms. The van der Waals surface area contributed by atoms with Gasteiger partial charge in [0.15, 0.2) is 0 Å². The normalized spacial score (nSPS) is 12.1. The number of rotatable bonds is 4. The number of carbonyl (C=O) groups is 1. The Kier molecular flexibility index (Phi) is 4.63. The molecule has 1 rings (SSSR count). The van der Waals surface area contributed by atoms with Crippen molar-refractivity contribution < 1.29 is 13.9 Å². The molecule has 0 saturated heterocycles. The van der Waals surface area contributed by atoms with Gasteiger partial charge in [0.2, 0.25) is 0 Å². The summed E-state index contributed by atoms with van der Waals surface area (Å²) in [5, 5.41) is -1.50. The second-order valence-electron chi connectivity index (χ2n) is 2.50. The van der Waals surface area contributed by atoms with Gasteiger partial charge >= 0.3 is 88.2 Å². The fourth-order valence-corrected chi connectivity index (χ4v) is 2.38. The van der Waals surface area contributed by atoms with E-state index < -0.39 is 26.0 Å². The Morgan fingerprint density at radius 3 is 2.71 bits per heavy atom. The summed E-state index contributed by atoms with van der Waals surface area (Å²) in [6.45, 7) is 1.89. The molecule has 1 unspecified atom stereocenters. The van der Waals surface area contributed by atoms with E-state index in [0.717, 1.165) is 4.46 Å². The summed E-state index contributed by atoms with van der Waals surface area (Å²) in [4.78, 5) is 11.0. The Labute approximate surface area is 88.6 Å². The van der Waals surface area contributed by atoms with Gasteiger partial charge in [-0.2, -0.15) is 0 Å². The average molecular weight is 261 g/mol. The minimum absolute atomic E-state index is 0.226. The van der Waals surface area contributed by atoms with Gasteiger partial charge in [-0.05, 0) is 0 Å². The van der Waals surface area contributed by atoms with Crippen LogP contribution in [0.15, 0.2) is 30.3 Å². The number of halogens is 1. The van der Waals surface area contributed by atoms with Crippen molar-refractivity contribution >= 4 is 25.4 Å². The molecule has 1 aromatic carbocycles. The van der Waals surface area contributed by atoms with Gasteiger partial charge in [0.05, 0.1) is 0 Å². The Bertz CT molecular complexity index is 289. The molecule has 14 heavy (non-hydrogen) atoms. The van der Waals surface area contributed by atoms with E-state index >= 15 is 0 Å². The van der Waals surface area contributed by atoms with Crippen LogP contribution in [-0.2, 0) is 9.53 Å². The molecule has 0 radical (unpaired) electrons. The van der Waals surface area contributed by atoms with Gasteiger partial charge in [-0.3, -0.25) is 0 Å². The first kappa shape index (κ1) is 11.2. The fraction of sp³-hybridized carbons (Fsp3) is 0.300. The van der Waals surface area contributed by atoms with Gasteiger partial charge in [-0.25, -0.2) is 0 Å². The Balaban J connectivity index is 2.49. The maximum absolute atomic E-state index is 13.2. The van der Waals surface area contributed by atoms with Crippen molar-refractivity contribution in [3.05, 3.63) is 30.3 Å². The summed E-state index contributed by atoms with van der Waals surface area (Å²) in [6, 6.07) is 9.14. The quantitative estimate of drug-likeness (QED) is 0.594. The number of carbonyl (C=O) groups excluding carboxylic acids is 1. The van der Waals surface area contributed by atoms with E-state index in [1.54, 1.807) is 6.92 Å². The van der Waals surface area contributed by atoms with Gasteiger partial charge in [0, 0.05) is 0 Å². The Morgan fingerprint density at radius 1 is 1.50 bits per heavy atom. The molecule has 0 heterocycles. The molecular formula is C10H11FO2Se. The van der Waals surface area contributed by atoms with Crippen LogP contribution in [0.5, 0.6) is 0 Å². The van der Waals surface area contributed by atoms with E-state index in [1.807, 2.05) is 30.3 Å². The summed E-state index contributed by atoms with van der Waals surface area (Å²) in [5.74, 6) is -0.753. The standard InChI is InChI=1S/C10H11FO2Se/c1-2-13-10(12)9(11)14-8-6-4-3-5-7-8/h3-7,9H,2H2,1H3. The summed E-state index contributed by atoms with van der Waals surface area (Å²) in [5.41, 5.74) is 0. The Hall–Kier alpha value is -0.861. The van der Waals surface area contributed by atoms with Crippen molar-refractivity contribution in [2.24, 2.45) is 0 Å². The van der Waals surface area contributed by atoms with E-state index in [1.165, 1.54) is 0 Å². The number of ether oxygens (including phenoxy) is 1. The average Bonchev–Trinajstić information content (AvgIpc) is 2.19. The second kappa shape index (κ2) is 5.78. The molecule has 0 fully saturated rings. The molecule has 0 aliphatic heterocycles. The summed E-state index contributed by atoms with van der Waals surface area (Å²) >= 11 is -0.493. The molecule has 0 spiro atoms. The van der Waals surface area contributed by atoms with Gasteiger partial charge in [-0.15, -0.1) is 0 Å². The molecule has 2 nitrogen and oxygen atoms in total. The number of hydrogen-bond donors (Lipinski definition) is 0. The zero-order valence-corrected chi connectivity index (χ0v) is 9.49. The molecule has 76 valence electrons. The first-order valence-electron chi connectivity index (χ1n) is 4.26. The number of hydrogen-bond acceptors (Lipinski definition) is 2. The van der Waals surface area contributed by atoms with Crippen LogP contribution in [-0.4, -0.2) is 32.6 Å². The molecule has 0 saturated carbocycles. The number of benzene rings is 1. The Morgan fingerprint density at radius 2 is 2.14 bits per heavy atom. The third-order valence-corrected chi connectivity index (χ3v) is 3.43. The van der Waals surface area contributed by atoms with Gasteiger partial charge in [-0.1, -0.05) is 0 Å². The molecule has 1 atom stereocenters. The van der Waals surface area contributed by atoms with Crippen molar-refractivity contribution in [2.75, 3.05) is 6.61 Å². The maximum atomic E-state index is 13.2. The second-order valence-corrected chi connectivity index (χ2v) is 4.85. The first-order valence-corrected chi connectivity index (χ1v) is 6.11. The minimum atomic E-state index is -1.50. The number of esters is 1. The monoisotopic (exact) mass is 262 g/mol. The third-order valence-electron chi connectivity index (χ3n) is 1.45. The summed E-state index contributed by atoms with van der Waals surface area (Å²) < 4.78 is 18.7. The van der Waals surface area contributed by atoms with Crippen LogP contribution >= 0.6 is 0 Å². The van der Waals surface area contributed by atoms with Crippen molar-refractivity contribution in [3.8, 4) is 0 Å². The van der Waals surface area contributed by atoms with Gasteiger partial charge < -0.3 is 0 Å². The zero-order chi connectivity index (χ0) is 10.4. The van der Waals surface area contributed by atoms with Crippen LogP contribution in [0, 0.1) is 0 Å². The van der Waals surface area contributed by atoms with E-state index in [0.29, 0.717) is 0 Å². The van der Waals surface area contributed by atoms with Crippen molar-refractivity contribution in [1.29, 1.82) is 0 Å². The van der Waals surface area contributed by atoms with Crippen molar-refractivity contribution in [2.45, 2.75) is 12.0 Å². The fourth-order valence-electron chi connectivity index (χ4n) is 0.874. The van der Waals surface area contributed by atoms with Crippen LogP contribution < -0.4 is 4.46 Å². The van der Waals surface area contributed by atoms with Crippen LogP contribution in [0.2, 0.25) is 0 Å². The van der Waals surface area contributed by atoms with E-state index in [9.17, 15) is 9.18 Å². The molecule has 0 amide bonds. The molecular weight excluding hydrogens is 250 g/mol. The van der Waals surface area contributed by atoms with E-state index in [-0.39, 0.29) is 6.61 Å².